The van der Waals surface area contributed by atoms with E-state index in [0.29, 0.717) is 0 Å². The van der Waals surface area contributed by atoms with E-state index in [0.717, 1.165) is 12.1 Å². The molecule has 0 aliphatic carbocycles. The van der Waals surface area contributed by atoms with Crippen molar-refractivity contribution in [3.8, 4) is 11.8 Å². The highest BCUT2D eigenvalue weighted by molar-refractivity contribution is 5.38. The third-order valence-electron chi connectivity index (χ3n) is 2.42. The topological polar surface area (TPSA) is 102 Å². The van der Waals surface area contributed by atoms with E-state index < -0.39 is 28.1 Å². The van der Waals surface area contributed by atoms with Crippen molar-refractivity contribution in [1.82, 2.24) is 0 Å². The predicted octanol–water partition coefficient (Wildman–Crippen LogP) is 2.13. The zero-order valence-corrected chi connectivity index (χ0v) is 10.6. The second kappa shape index (κ2) is 5.63. The van der Waals surface area contributed by atoms with Gasteiger partial charge in [0.25, 0.3) is 0 Å². The van der Waals surface area contributed by atoms with Gasteiger partial charge in [0.15, 0.2) is 0 Å². The van der Waals surface area contributed by atoms with Crippen LogP contribution in [0.25, 0.3) is 0 Å². The molecule has 0 radical (unpaired) electrons. The fourth-order valence-electron chi connectivity index (χ4n) is 1.63. The van der Waals surface area contributed by atoms with Gasteiger partial charge in [-0.3, -0.25) is 10.1 Å². The molecule has 7 heteroatoms. The van der Waals surface area contributed by atoms with Crippen LogP contribution in [0, 0.1) is 27.3 Å². The molecule has 2 N–H and O–H groups in total. The number of nitrogens with two attached hydrogens (primary N) is 1. The molecule has 2 atom stereocenters. The minimum absolute atomic E-state index is 0.157. The highest BCUT2D eigenvalue weighted by atomic mass is 19.1. The lowest BCUT2D eigenvalue weighted by Crippen LogP contribution is -2.38. The van der Waals surface area contributed by atoms with Gasteiger partial charge in [-0.2, -0.15) is 9.65 Å². The van der Waals surface area contributed by atoms with Crippen LogP contribution in [0.1, 0.15) is 20.3 Å². The molecule has 2 unspecified atom stereocenters. The molecular formula is C12H14FN3O3. The Morgan fingerprint density at radius 2 is 2.32 bits per heavy atom. The second-order valence-corrected chi connectivity index (χ2v) is 4.53. The average molecular weight is 267 g/mol. The average Bonchev–Trinajstić information content (AvgIpc) is 2.27. The number of nitrogens with zero attached hydrogens (tertiary/aromatic N) is 2. The molecular weight excluding hydrogens is 253 g/mol. The van der Waals surface area contributed by atoms with Crippen molar-refractivity contribution >= 4 is 5.69 Å². The number of nitriles is 1. The lowest BCUT2D eigenvalue weighted by molar-refractivity contribution is -0.387. The monoisotopic (exact) mass is 267 g/mol. The van der Waals surface area contributed by atoms with E-state index in [1.54, 1.807) is 13.8 Å². The minimum Gasteiger partial charge on any atom is -0.491 e. The van der Waals surface area contributed by atoms with E-state index in [1.807, 2.05) is 6.07 Å². The molecule has 102 valence electrons. The summed E-state index contributed by atoms with van der Waals surface area (Å²) in [5, 5.41) is 19.2. The van der Waals surface area contributed by atoms with Crippen LogP contribution in [-0.4, -0.2) is 16.6 Å². The molecule has 0 fully saturated rings. The van der Waals surface area contributed by atoms with E-state index in [9.17, 15) is 14.5 Å². The largest absolute Gasteiger partial charge is 0.491 e. The van der Waals surface area contributed by atoms with Crippen LogP contribution in [-0.2, 0) is 0 Å². The summed E-state index contributed by atoms with van der Waals surface area (Å²) in [6.45, 7) is 3.24. The van der Waals surface area contributed by atoms with E-state index in [2.05, 4.69) is 0 Å². The van der Waals surface area contributed by atoms with Crippen molar-refractivity contribution in [3.63, 3.8) is 0 Å². The number of benzene rings is 1. The summed E-state index contributed by atoms with van der Waals surface area (Å²) in [6, 6.07) is 5.20. The maximum atomic E-state index is 13.4. The Bertz CT molecular complexity index is 525. The number of rotatable bonds is 5. The van der Waals surface area contributed by atoms with Gasteiger partial charge in [-0.15, -0.1) is 0 Å². The molecule has 0 bridgehead atoms. The van der Waals surface area contributed by atoms with Crippen molar-refractivity contribution in [2.24, 2.45) is 5.73 Å². The minimum atomic E-state index is -1.04. The number of hydrogen-bond donors (Lipinski definition) is 1. The van der Waals surface area contributed by atoms with Crippen LogP contribution in [0.5, 0.6) is 5.75 Å². The number of halogens is 1. The van der Waals surface area contributed by atoms with Crippen molar-refractivity contribution in [2.45, 2.75) is 31.9 Å². The molecule has 0 amide bonds. The van der Waals surface area contributed by atoms with Gasteiger partial charge in [0.1, 0.15) is 11.3 Å². The Hall–Kier alpha value is -2.20. The van der Waals surface area contributed by atoms with Gasteiger partial charge in [0, 0.05) is 18.6 Å². The molecule has 0 aliphatic rings. The van der Waals surface area contributed by atoms with Crippen molar-refractivity contribution < 1.29 is 14.1 Å². The summed E-state index contributed by atoms with van der Waals surface area (Å²) < 4.78 is 18.7. The van der Waals surface area contributed by atoms with Gasteiger partial charge in [-0.25, -0.2) is 0 Å². The summed E-state index contributed by atoms with van der Waals surface area (Å²) in [4.78, 5) is 9.64. The molecule has 6 nitrogen and oxygen atoms in total. The Morgan fingerprint density at radius 3 is 2.79 bits per heavy atom. The van der Waals surface area contributed by atoms with Gasteiger partial charge >= 0.3 is 5.69 Å². The first-order valence-electron chi connectivity index (χ1n) is 5.56. The summed E-state index contributed by atoms with van der Waals surface area (Å²) in [5.74, 6) is -0.810. The van der Waals surface area contributed by atoms with Crippen LogP contribution in [0.4, 0.5) is 10.1 Å². The van der Waals surface area contributed by atoms with Crippen LogP contribution in [0.15, 0.2) is 18.2 Å². The maximum Gasteiger partial charge on any atom is 0.305 e. The first-order valence-corrected chi connectivity index (χ1v) is 5.56. The molecule has 0 aromatic heterocycles. The van der Waals surface area contributed by atoms with Crippen molar-refractivity contribution in [1.29, 1.82) is 5.26 Å². The number of nitro benzene ring substituents is 1. The Labute approximate surface area is 109 Å². The fourth-order valence-corrected chi connectivity index (χ4v) is 1.63. The Kier molecular flexibility index (Phi) is 4.40. The summed E-state index contributed by atoms with van der Waals surface area (Å²) in [6.07, 6.45) is -0.169. The summed E-state index contributed by atoms with van der Waals surface area (Å²) in [5.41, 5.74) is 4.01. The van der Waals surface area contributed by atoms with Gasteiger partial charge in [0.05, 0.1) is 17.1 Å². The first-order chi connectivity index (χ1) is 8.75. The summed E-state index contributed by atoms with van der Waals surface area (Å²) in [7, 11) is 0. The molecule has 0 heterocycles. The SMILES string of the molecule is CC(CC(C)(N)C#N)Oc1ccc([N+](=O)[O-])c(F)c1. The molecule has 0 aliphatic heterocycles. The Balaban J connectivity index is 2.76. The predicted molar refractivity (Wildman–Crippen MR) is 66.0 cm³/mol. The van der Waals surface area contributed by atoms with Crippen molar-refractivity contribution in [3.05, 3.63) is 34.1 Å². The molecule has 1 rings (SSSR count). The van der Waals surface area contributed by atoms with Gasteiger partial charge in [-0.1, -0.05) is 0 Å². The fraction of sp³-hybridized carbons (Fsp3) is 0.417. The smallest absolute Gasteiger partial charge is 0.305 e. The molecule has 1 aromatic carbocycles. The molecule has 19 heavy (non-hydrogen) atoms. The standard InChI is InChI=1S/C12H14FN3O3/c1-8(6-12(2,15)7-14)19-9-3-4-11(16(17)18)10(13)5-9/h3-5,8H,6,15H2,1-2H3. The normalized spacial score (nSPS) is 15.1. The van der Waals surface area contributed by atoms with Gasteiger partial charge < -0.3 is 10.5 Å². The van der Waals surface area contributed by atoms with E-state index in [1.165, 1.54) is 6.07 Å². The Morgan fingerprint density at radius 1 is 1.68 bits per heavy atom. The van der Waals surface area contributed by atoms with Crippen LogP contribution < -0.4 is 10.5 Å². The van der Waals surface area contributed by atoms with Crippen LogP contribution in [0.2, 0.25) is 0 Å². The molecule has 0 saturated heterocycles. The third-order valence-corrected chi connectivity index (χ3v) is 2.42. The zero-order chi connectivity index (χ0) is 14.6. The molecule has 0 spiro atoms. The van der Waals surface area contributed by atoms with Gasteiger partial charge in [0.2, 0.25) is 5.82 Å². The van der Waals surface area contributed by atoms with Gasteiger partial charge in [-0.05, 0) is 19.9 Å². The maximum absolute atomic E-state index is 13.4. The highest BCUT2D eigenvalue weighted by Crippen LogP contribution is 2.24. The number of hydrogen-bond acceptors (Lipinski definition) is 5. The first kappa shape index (κ1) is 14.9. The third kappa shape index (κ3) is 4.19. The van der Waals surface area contributed by atoms with E-state index >= 15 is 0 Å². The highest BCUT2D eigenvalue weighted by Gasteiger charge is 2.22. The lowest BCUT2D eigenvalue weighted by atomic mass is 9.98. The zero-order valence-electron chi connectivity index (χ0n) is 10.6. The van der Waals surface area contributed by atoms with Crippen LogP contribution >= 0.6 is 0 Å². The lowest BCUT2D eigenvalue weighted by Gasteiger charge is -2.21. The number of nitro groups is 1. The molecule has 1 aromatic rings. The number of ether oxygens (including phenoxy) is 1. The summed E-state index contributed by atoms with van der Waals surface area (Å²) >= 11 is 0. The second-order valence-electron chi connectivity index (χ2n) is 4.53. The quantitative estimate of drug-likeness (QED) is 0.650. The van der Waals surface area contributed by atoms with Crippen LogP contribution in [0.3, 0.4) is 0 Å². The van der Waals surface area contributed by atoms with Crippen molar-refractivity contribution in [2.75, 3.05) is 0 Å². The van der Waals surface area contributed by atoms with E-state index in [4.69, 9.17) is 15.7 Å². The molecule has 0 saturated carbocycles. The van der Waals surface area contributed by atoms with E-state index in [-0.39, 0.29) is 12.2 Å².